The van der Waals surface area contributed by atoms with Crippen LogP contribution in [-0.2, 0) is 6.54 Å². The van der Waals surface area contributed by atoms with E-state index >= 15 is 0 Å². The van der Waals surface area contributed by atoms with Crippen LogP contribution < -0.4 is 5.32 Å². The molecule has 0 bridgehead atoms. The standard InChI is InChI=1S/C24H27ClN4O2/c1-16-4-7-19(8-5-16)23-26-22(18(3)31-23)15-28-10-12-29(13-11-28)24(30)27-21-9-6-17(2)14-20(21)25/h4-9,14H,10-13,15H2,1-3H3,(H,27,30). The number of aromatic nitrogens is 1. The molecule has 0 radical (unpaired) electrons. The Labute approximate surface area is 187 Å². The molecular weight excluding hydrogens is 412 g/mol. The van der Waals surface area contributed by atoms with Gasteiger partial charge in [0.1, 0.15) is 5.76 Å². The van der Waals surface area contributed by atoms with E-state index in [2.05, 4.69) is 29.3 Å². The second kappa shape index (κ2) is 9.12. The second-order valence-electron chi connectivity index (χ2n) is 8.06. The topological polar surface area (TPSA) is 61.6 Å². The Morgan fingerprint density at radius 1 is 1.03 bits per heavy atom. The molecule has 162 valence electrons. The van der Waals surface area contributed by atoms with E-state index in [1.807, 2.05) is 49.1 Å². The number of rotatable bonds is 4. The normalized spacial score (nSPS) is 14.6. The SMILES string of the molecule is Cc1ccc(-c2nc(CN3CCN(C(=O)Nc4ccc(C)cc4Cl)CC3)c(C)o2)cc1. The number of hydrogen-bond acceptors (Lipinski definition) is 4. The van der Waals surface area contributed by atoms with Gasteiger partial charge in [0.05, 0.1) is 16.4 Å². The van der Waals surface area contributed by atoms with Gasteiger partial charge in [-0.1, -0.05) is 35.4 Å². The van der Waals surface area contributed by atoms with Gasteiger partial charge in [-0.2, -0.15) is 0 Å². The number of benzene rings is 2. The van der Waals surface area contributed by atoms with Gasteiger partial charge in [0.2, 0.25) is 5.89 Å². The minimum Gasteiger partial charge on any atom is -0.441 e. The van der Waals surface area contributed by atoms with Crippen LogP contribution in [0.25, 0.3) is 11.5 Å². The van der Waals surface area contributed by atoms with E-state index in [1.54, 1.807) is 0 Å². The quantitative estimate of drug-likeness (QED) is 0.602. The summed E-state index contributed by atoms with van der Waals surface area (Å²) < 4.78 is 5.90. The molecule has 2 amide bonds. The molecular formula is C24H27ClN4O2. The lowest BCUT2D eigenvalue weighted by atomic mass is 10.1. The third kappa shape index (κ3) is 5.09. The maximum absolute atomic E-state index is 12.6. The van der Waals surface area contributed by atoms with Crippen molar-refractivity contribution in [1.29, 1.82) is 0 Å². The molecule has 0 spiro atoms. The van der Waals surface area contributed by atoms with Gasteiger partial charge < -0.3 is 14.6 Å². The summed E-state index contributed by atoms with van der Waals surface area (Å²) in [5, 5.41) is 3.47. The highest BCUT2D eigenvalue weighted by atomic mass is 35.5. The van der Waals surface area contributed by atoms with Gasteiger partial charge in [-0.15, -0.1) is 0 Å². The first-order valence-corrected chi connectivity index (χ1v) is 10.8. The molecule has 2 heterocycles. The predicted octanol–water partition coefficient (Wildman–Crippen LogP) is 5.27. The van der Waals surface area contributed by atoms with E-state index in [1.165, 1.54) is 5.56 Å². The molecule has 1 aliphatic rings. The summed E-state index contributed by atoms with van der Waals surface area (Å²) in [5.41, 5.74) is 4.83. The Morgan fingerprint density at radius 3 is 2.39 bits per heavy atom. The molecule has 0 aliphatic carbocycles. The molecule has 7 heteroatoms. The number of hydrogen-bond donors (Lipinski definition) is 1. The summed E-state index contributed by atoms with van der Waals surface area (Å²) in [6, 6.07) is 13.7. The number of oxazole rings is 1. The fraction of sp³-hybridized carbons (Fsp3) is 0.333. The first kappa shape index (κ1) is 21.4. The Bertz CT molecular complexity index is 1070. The first-order valence-electron chi connectivity index (χ1n) is 10.5. The number of urea groups is 1. The summed E-state index contributed by atoms with van der Waals surface area (Å²) >= 11 is 6.24. The fourth-order valence-corrected chi connectivity index (χ4v) is 3.91. The second-order valence-corrected chi connectivity index (χ2v) is 8.47. The summed E-state index contributed by atoms with van der Waals surface area (Å²) in [5.74, 6) is 1.49. The third-order valence-corrected chi connectivity index (χ3v) is 5.90. The molecule has 1 aliphatic heterocycles. The summed E-state index contributed by atoms with van der Waals surface area (Å²) in [6.07, 6.45) is 0. The highest BCUT2D eigenvalue weighted by molar-refractivity contribution is 6.33. The van der Waals surface area contributed by atoms with Crippen molar-refractivity contribution in [2.45, 2.75) is 27.3 Å². The first-order chi connectivity index (χ1) is 14.9. The van der Waals surface area contributed by atoms with Crippen LogP contribution in [0.15, 0.2) is 46.9 Å². The number of carbonyl (C=O) groups is 1. The van der Waals surface area contributed by atoms with Crippen LogP contribution >= 0.6 is 11.6 Å². The number of halogens is 1. The van der Waals surface area contributed by atoms with Crippen LogP contribution in [0.2, 0.25) is 5.02 Å². The molecule has 4 rings (SSSR count). The average Bonchev–Trinajstić information content (AvgIpc) is 3.11. The zero-order chi connectivity index (χ0) is 22.0. The molecule has 31 heavy (non-hydrogen) atoms. The fourth-order valence-electron chi connectivity index (χ4n) is 3.63. The number of piperazine rings is 1. The van der Waals surface area contributed by atoms with Crippen LogP contribution in [0.3, 0.4) is 0 Å². The smallest absolute Gasteiger partial charge is 0.321 e. The van der Waals surface area contributed by atoms with Gasteiger partial charge in [0.15, 0.2) is 0 Å². The molecule has 6 nitrogen and oxygen atoms in total. The van der Waals surface area contributed by atoms with Crippen molar-refractivity contribution < 1.29 is 9.21 Å². The summed E-state index contributed by atoms with van der Waals surface area (Å²) in [6.45, 7) is 9.55. The van der Waals surface area contributed by atoms with E-state index in [-0.39, 0.29) is 6.03 Å². The molecule has 1 saturated heterocycles. The maximum Gasteiger partial charge on any atom is 0.321 e. The number of nitrogens with one attached hydrogen (secondary N) is 1. The van der Waals surface area contributed by atoms with Crippen LogP contribution in [0.1, 0.15) is 22.6 Å². The monoisotopic (exact) mass is 438 g/mol. The van der Waals surface area contributed by atoms with Crippen molar-refractivity contribution in [2.75, 3.05) is 31.5 Å². The molecule has 0 atom stereocenters. The number of amides is 2. The number of aryl methyl sites for hydroxylation is 3. The van der Waals surface area contributed by atoms with Crippen molar-refractivity contribution >= 4 is 23.3 Å². The Balaban J connectivity index is 1.33. The van der Waals surface area contributed by atoms with Crippen LogP contribution in [0.5, 0.6) is 0 Å². The molecule has 0 saturated carbocycles. The number of nitrogens with zero attached hydrogens (tertiary/aromatic N) is 3. The highest BCUT2D eigenvalue weighted by Crippen LogP contribution is 2.25. The molecule has 1 fully saturated rings. The van der Waals surface area contributed by atoms with Gasteiger partial charge in [-0.3, -0.25) is 4.90 Å². The van der Waals surface area contributed by atoms with Crippen molar-refractivity contribution in [3.63, 3.8) is 0 Å². The minimum atomic E-state index is -0.121. The van der Waals surface area contributed by atoms with Crippen molar-refractivity contribution in [3.05, 3.63) is 70.1 Å². The van der Waals surface area contributed by atoms with Crippen molar-refractivity contribution in [1.82, 2.24) is 14.8 Å². The number of anilines is 1. The molecule has 1 aromatic heterocycles. The Morgan fingerprint density at radius 2 is 1.71 bits per heavy atom. The van der Waals surface area contributed by atoms with Crippen LogP contribution in [0, 0.1) is 20.8 Å². The van der Waals surface area contributed by atoms with Gasteiger partial charge in [-0.05, 0) is 50.6 Å². The Hall–Kier alpha value is -2.83. The lowest BCUT2D eigenvalue weighted by Gasteiger charge is -2.34. The van der Waals surface area contributed by atoms with E-state index in [4.69, 9.17) is 21.0 Å². The van der Waals surface area contributed by atoms with Gasteiger partial charge >= 0.3 is 6.03 Å². The lowest BCUT2D eigenvalue weighted by Crippen LogP contribution is -2.49. The zero-order valence-corrected chi connectivity index (χ0v) is 18.9. The number of carbonyl (C=O) groups excluding carboxylic acids is 1. The van der Waals surface area contributed by atoms with E-state index < -0.39 is 0 Å². The van der Waals surface area contributed by atoms with Crippen LogP contribution in [-0.4, -0.2) is 47.0 Å². The van der Waals surface area contributed by atoms with Gasteiger partial charge in [-0.25, -0.2) is 9.78 Å². The largest absolute Gasteiger partial charge is 0.441 e. The Kier molecular flexibility index (Phi) is 6.30. The molecule has 1 N–H and O–H groups in total. The molecule has 0 unspecified atom stereocenters. The minimum absolute atomic E-state index is 0.121. The molecule has 3 aromatic rings. The summed E-state index contributed by atoms with van der Waals surface area (Å²) in [4.78, 5) is 21.5. The van der Waals surface area contributed by atoms with Gasteiger partial charge in [0, 0.05) is 38.3 Å². The molecule has 2 aromatic carbocycles. The van der Waals surface area contributed by atoms with Gasteiger partial charge in [0.25, 0.3) is 0 Å². The zero-order valence-electron chi connectivity index (χ0n) is 18.1. The van der Waals surface area contributed by atoms with E-state index in [0.29, 0.717) is 36.2 Å². The highest BCUT2D eigenvalue weighted by Gasteiger charge is 2.23. The summed E-state index contributed by atoms with van der Waals surface area (Å²) in [7, 11) is 0. The average molecular weight is 439 g/mol. The maximum atomic E-state index is 12.6. The van der Waals surface area contributed by atoms with Crippen molar-refractivity contribution in [2.24, 2.45) is 0 Å². The third-order valence-electron chi connectivity index (χ3n) is 5.59. The van der Waals surface area contributed by atoms with E-state index in [9.17, 15) is 4.79 Å². The lowest BCUT2D eigenvalue weighted by molar-refractivity contribution is 0.141. The van der Waals surface area contributed by atoms with E-state index in [0.717, 1.165) is 35.7 Å². The van der Waals surface area contributed by atoms with Crippen LogP contribution in [0.4, 0.5) is 10.5 Å². The van der Waals surface area contributed by atoms with Crippen molar-refractivity contribution in [3.8, 4) is 11.5 Å². The predicted molar refractivity (Wildman–Crippen MR) is 123 cm³/mol.